The first kappa shape index (κ1) is 18.9. The topological polar surface area (TPSA) is 18.5 Å². The first-order chi connectivity index (χ1) is 9.77. The van der Waals surface area contributed by atoms with E-state index in [0.717, 1.165) is 19.0 Å². The van der Waals surface area contributed by atoms with Crippen LogP contribution in [0.1, 0.15) is 54.4 Å². The Labute approximate surface area is 133 Å². The largest absolute Gasteiger partial charge is 0.316 e. The molecular formula is C18H39N3. The van der Waals surface area contributed by atoms with Gasteiger partial charge in [0, 0.05) is 38.3 Å². The number of nitrogens with one attached hydrogen (secondary N) is 1. The highest BCUT2D eigenvalue weighted by Crippen LogP contribution is 2.26. The van der Waals surface area contributed by atoms with Crippen LogP contribution in [0.2, 0.25) is 0 Å². The van der Waals surface area contributed by atoms with Crippen LogP contribution >= 0.6 is 0 Å². The normalized spacial score (nSPS) is 28.0. The predicted molar refractivity (Wildman–Crippen MR) is 93.8 cm³/mol. The zero-order chi connectivity index (χ0) is 16.0. The lowest BCUT2D eigenvalue weighted by Gasteiger charge is -2.45. The first-order valence-corrected chi connectivity index (χ1v) is 8.92. The average molecular weight is 298 g/mol. The molecule has 3 nitrogen and oxygen atoms in total. The van der Waals surface area contributed by atoms with Crippen LogP contribution in [-0.2, 0) is 0 Å². The standard InChI is InChI=1S/C18H39N3/c1-8-9-18(6,13-19-10-15(2)3)14-21-11-16(4)20(7)17(5)12-21/h15-17,19H,8-14H2,1-7H3. The van der Waals surface area contributed by atoms with Gasteiger partial charge in [0.1, 0.15) is 0 Å². The lowest BCUT2D eigenvalue weighted by molar-refractivity contribution is 0.0324. The predicted octanol–water partition coefficient (Wildman–Crippen LogP) is 3.06. The molecule has 1 saturated heterocycles. The zero-order valence-electron chi connectivity index (χ0n) is 15.6. The zero-order valence-corrected chi connectivity index (χ0v) is 15.6. The summed E-state index contributed by atoms with van der Waals surface area (Å²) in [7, 11) is 2.27. The average Bonchev–Trinajstić information content (AvgIpc) is 2.35. The number of hydrogen-bond acceptors (Lipinski definition) is 3. The van der Waals surface area contributed by atoms with Crippen molar-refractivity contribution >= 4 is 0 Å². The molecule has 0 aromatic carbocycles. The lowest BCUT2D eigenvalue weighted by Crippen LogP contribution is -2.57. The molecule has 0 amide bonds. The fourth-order valence-electron chi connectivity index (χ4n) is 3.67. The van der Waals surface area contributed by atoms with Crippen LogP contribution in [0.15, 0.2) is 0 Å². The van der Waals surface area contributed by atoms with E-state index in [1.807, 2.05) is 0 Å². The number of rotatable bonds is 8. The Hall–Kier alpha value is -0.120. The Morgan fingerprint density at radius 3 is 2.24 bits per heavy atom. The maximum absolute atomic E-state index is 3.69. The molecule has 0 radical (unpaired) electrons. The van der Waals surface area contributed by atoms with Gasteiger partial charge in [0.2, 0.25) is 0 Å². The molecule has 0 aliphatic carbocycles. The van der Waals surface area contributed by atoms with Crippen molar-refractivity contribution in [1.29, 1.82) is 0 Å². The van der Waals surface area contributed by atoms with Crippen LogP contribution in [0.25, 0.3) is 0 Å². The van der Waals surface area contributed by atoms with Gasteiger partial charge in [0.05, 0.1) is 0 Å². The highest BCUT2D eigenvalue weighted by atomic mass is 15.3. The molecule has 1 heterocycles. The van der Waals surface area contributed by atoms with Gasteiger partial charge in [-0.2, -0.15) is 0 Å². The van der Waals surface area contributed by atoms with Gasteiger partial charge in [-0.1, -0.05) is 34.1 Å². The molecule has 0 bridgehead atoms. The summed E-state index contributed by atoms with van der Waals surface area (Å²) in [6, 6.07) is 1.34. The Balaban J connectivity index is 2.56. The lowest BCUT2D eigenvalue weighted by atomic mass is 9.84. The van der Waals surface area contributed by atoms with Gasteiger partial charge in [-0.25, -0.2) is 0 Å². The molecule has 1 rings (SSSR count). The molecular weight excluding hydrogens is 258 g/mol. The van der Waals surface area contributed by atoms with Gasteiger partial charge in [-0.05, 0) is 45.2 Å². The summed E-state index contributed by atoms with van der Waals surface area (Å²) >= 11 is 0. The summed E-state index contributed by atoms with van der Waals surface area (Å²) in [5, 5.41) is 3.69. The van der Waals surface area contributed by atoms with Gasteiger partial charge in [0.25, 0.3) is 0 Å². The Morgan fingerprint density at radius 2 is 1.76 bits per heavy atom. The van der Waals surface area contributed by atoms with Crippen LogP contribution in [0.4, 0.5) is 0 Å². The molecule has 21 heavy (non-hydrogen) atoms. The van der Waals surface area contributed by atoms with Crippen molar-refractivity contribution in [2.75, 3.05) is 39.8 Å². The van der Waals surface area contributed by atoms with E-state index in [4.69, 9.17) is 0 Å². The molecule has 0 aromatic rings. The van der Waals surface area contributed by atoms with Gasteiger partial charge in [0.15, 0.2) is 0 Å². The molecule has 1 aliphatic heterocycles. The molecule has 3 heteroatoms. The summed E-state index contributed by atoms with van der Waals surface area (Å²) in [6.45, 7) is 20.0. The summed E-state index contributed by atoms with van der Waals surface area (Å²) in [5.41, 5.74) is 0.402. The molecule has 3 atom stereocenters. The van der Waals surface area contributed by atoms with Crippen LogP contribution in [0.5, 0.6) is 0 Å². The number of nitrogens with zero attached hydrogens (tertiary/aromatic N) is 2. The minimum atomic E-state index is 0.402. The van der Waals surface area contributed by atoms with E-state index < -0.39 is 0 Å². The smallest absolute Gasteiger partial charge is 0.0195 e. The number of piperazine rings is 1. The van der Waals surface area contributed by atoms with E-state index >= 15 is 0 Å². The van der Waals surface area contributed by atoms with Crippen molar-refractivity contribution < 1.29 is 0 Å². The molecule has 1 aliphatic rings. The maximum Gasteiger partial charge on any atom is 0.0195 e. The van der Waals surface area contributed by atoms with E-state index in [2.05, 4.69) is 63.7 Å². The van der Waals surface area contributed by atoms with Gasteiger partial charge >= 0.3 is 0 Å². The molecule has 0 saturated carbocycles. The van der Waals surface area contributed by atoms with Gasteiger partial charge < -0.3 is 5.32 Å². The van der Waals surface area contributed by atoms with Crippen LogP contribution in [0.3, 0.4) is 0 Å². The minimum absolute atomic E-state index is 0.402. The Morgan fingerprint density at radius 1 is 1.19 bits per heavy atom. The van der Waals surface area contributed by atoms with E-state index in [1.54, 1.807) is 0 Å². The van der Waals surface area contributed by atoms with E-state index in [9.17, 15) is 0 Å². The maximum atomic E-state index is 3.69. The summed E-state index contributed by atoms with van der Waals surface area (Å²) in [5.74, 6) is 0.736. The van der Waals surface area contributed by atoms with Crippen molar-refractivity contribution in [2.45, 2.75) is 66.5 Å². The molecule has 1 fully saturated rings. The summed E-state index contributed by atoms with van der Waals surface area (Å²) < 4.78 is 0. The third-order valence-corrected chi connectivity index (χ3v) is 5.00. The van der Waals surface area contributed by atoms with Crippen molar-refractivity contribution in [3.63, 3.8) is 0 Å². The van der Waals surface area contributed by atoms with E-state index in [1.165, 1.54) is 32.5 Å². The van der Waals surface area contributed by atoms with Crippen molar-refractivity contribution in [3.8, 4) is 0 Å². The molecule has 3 unspecified atom stereocenters. The van der Waals surface area contributed by atoms with Gasteiger partial charge in [-0.15, -0.1) is 0 Å². The fraction of sp³-hybridized carbons (Fsp3) is 1.00. The highest BCUT2D eigenvalue weighted by Gasteiger charge is 2.32. The molecule has 0 spiro atoms. The van der Waals surface area contributed by atoms with Crippen molar-refractivity contribution in [1.82, 2.24) is 15.1 Å². The third kappa shape index (κ3) is 6.25. The molecule has 1 N–H and O–H groups in total. The second kappa shape index (κ2) is 8.50. The van der Waals surface area contributed by atoms with Crippen LogP contribution < -0.4 is 5.32 Å². The Bertz CT molecular complexity index is 280. The second-order valence-electron chi connectivity index (χ2n) is 8.14. The number of likely N-dealkylation sites (N-methyl/N-ethyl adjacent to an activating group) is 1. The highest BCUT2D eigenvalue weighted by molar-refractivity contribution is 4.88. The minimum Gasteiger partial charge on any atom is -0.316 e. The van der Waals surface area contributed by atoms with E-state index in [0.29, 0.717) is 17.5 Å². The van der Waals surface area contributed by atoms with Crippen LogP contribution in [0, 0.1) is 11.3 Å². The Kier molecular flexibility index (Phi) is 7.66. The monoisotopic (exact) mass is 297 g/mol. The summed E-state index contributed by atoms with van der Waals surface area (Å²) in [4.78, 5) is 5.22. The summed E-state index contributed by atoms with van der Waals surface area (Å²) in [6.07, 6.45) is 2.59. The van der Waals surface area contributed by atoms with E-state index in [-0.39, 0.29) is 0 Å². The van der Waals surface area contributed by atoms with Crippen molar-refractivity contribution in [3.05, 3.63) is 0 Å². The molecule has 0 aromatic heterocycles. The first-order valence-electron chi connectivity index (χ1n) is 8.92. The second-order valence-corrected chi connectivity index (χ2v) is 8.14. The van der Waals surface area contributed by atoms with Crippen LogP contribution in [-0.4, -0.2) is 61.7 Å². The molecule has 126 valence electrons. The third-order valence-electron chi connectivity index (χ3n) is 5.00. The fourth-order valence-corrected chi connectivity index (χ4v) is 3.67. The SMILES string of the molecule is CCCC(C)(CNCC(C)C)CN1CC(C)N(C)C(C)C1. The van der Waals surface area contributed by atoms with Gasteiger partial charge in [-0.3, -0.25) is 9.80 Å². The van der Waals surface area contributed by atoms with Crippen molar-refractivity contribution in [2.24, 2.45) is 11.3 Å². The quantitative estimate of drug-likeness (QED) is 0.743. The number of hydrogen-bond donors (Lipinski definition) is 1.